The Labute approximate surface area is 91.1 Å². The van der Waals surface area contributed by atoms with Gasteiger partial charge in [0.15, 0.2) is 0 Å². The van der Waals surface area contributed by atoms with Crippen molar-refractivity contribution in [3.8, 4) is 6.07 Å². The normalized spacial score (nSPS) is 12.4. The van der Waals surface area contributed by atoms with E-state index >= 15 is 0 Å². The number of nitrogens with zero attached hydrogens (tertiary/aromatic N) is 2. The molecule has 1 aromatic carbocycles. The average Bonchev–Trinajstić information content (AvgIpc) is 2.21. The van der Waals surface area contributed by atoms with E-state index in [0.29, 0.717) is 0 Å². The highest BCUT2D eigenvalue weighted by atomic mass is 15.1. The van der Waals surface area contributed by atoms with Gasteiger partial charge in [0.05, 0.1) is 12.0 Å². The lowest BCUT2D eigenvalue weighted by molar-refractivity contribution is 0.303. The van der Waals surface area contributed by atoms with Gasteiger partial charge in [0, 0.05) is 18.8 Å². The van der Waals surface area contributed by atoms with Crippen LogP contribution in [0.15, 0.2) is 24.3 Å². The molecule has 80 valence electrons. The molecule has 0 bridgehead atoms. The van der Waals surface area contributed by atoms with Crippen LogP contribution >= 0.6 is 0 Å². The summed E-state index contributed by atoms with van der Waals surface area (Å²) in [5, 5.41) is 8.70. The predicted octanol–water partition coefficient (Wildman–Crippen LogP) is 1.86. The second-order valence-electron chi connectivity index (χ2n) is 3.93. The largest absolute Gasteiger partial charge is 0.398 e. The molecule has 0 aliphatic rings. The fourth-order valence-electron chi connectivity index (χ4n) is 1.54. The first-order valence-corrected chi connectivity index (χ1v) is 5.05. The van der Waals surface area contributed by atoms with Crippen molar-refractivity contribution in [3.05, 3.63) is 29.8 Å². The summed E-state index contributed by atoms with van der Waals surface area (Å²) in [5.74, 6) is 0.0555. The lowest BCUT2D eigenvalue weighted by atomic mass is 10.1. The van der Waals surface area contributed by atoms with Gasteiger partial charge in [-0.3, -0.25) is 0 Å². The van der Waals surface area contributed by atoms with Gasteiger partial charge in [0.25, 0.3) is 0 Å². The highest BCUT2D eigenvalue weighted by molar-refractivity contribution is 5.46. The molecule has 0 aliphatic carbocycles. The van der Waals surface area contributed by atoms with Gasteiger partial charge >= 0.3 is 0 Å². The molecule has 0 amide bonds. The van der Waals surface area contributed by atoms with Crippen LogP contribution in [-0.4, -0.2) is 18.5 Å². The first kappa shape index (κ1) is 11.5. The van der Waals surface area contributed by atoms with Gasteiger partial charge in [-0.05, 0) is 25.6 Å². The van der Waals surface area contributed by atoms with Crippen molar-refractivity contribution in [2.45, 2.75) is 13.5 Å². The lowest BCUT2D eigenvalue weighted by Gasteiger charge is -2.18. The summed E-state index contributed by atoms with van der Waals surface area (Å²) in [6.07, 6.45) is 0. The van der Waals surface area contributed by atoms with E-state index < -0.39 is 0 Å². The van der Waals surface area contributed by atoms with Gasteiger partial charge in [-0.15, -0.1) is 0 Å². The van der Waals surface area contributed by atoms with Crippen molar-refractivity contribution >= 4 is 5.69 Å². The smallest absolute Gasteiger partial charge is 0.0666 e. The minimum Gasteiger partial charge on any atom is -0.398 e. The first-order chi connectivity index (χ1) is 7.13. The Morgan fingerprint density at radius 3 is 2.73 bits per heavy atom. The van der Waals surface area contributed by atoms with Crippen molar-refractivity contribution in [2.75, 3.05) is 19.3 Å². The van der Waals surface area contributed by atoms with Gasteiger partial charge in [0.2, 0.25) is 0 Å². The maximum Gasteiger partial charge on any atom is 0.0666 e. The molecule has 3 heteroatoms. The Kier molecular flexibility index (Phi) is 4.14. The van der Waals surface area contributed by atoms with E-state index in [4.69, 9.17) is 11.0 Å². The molecule has 0 aliphatic heterocycles. The van der Waals surface area contributed by atoms with E-state index in [1.165, 1.54) is 0 Å². The number of hydrogen-bond acceptors (Lipinski definition) is 3. The maximum atomic E-state index is 8.70. The number of nitriles is 1. The number of benzene rings is 1. The van der Waals surface area contributed by atoms with Crippen LogP contribution in [0.4, 0.5) is 5.69 Å². The maximum absolute atomic E-state index is 8.70. The third kappa shape index (κ3) is 3.61. The van der Waals surface area contributed by atoms with E-state index in [9.17, 15) is 0 Å². The van der Waals surface area contributed by atoms with E-state index in [1.807, 2.05) is 38.2 Å². The van der Waals surface area contributed by atoms with E-state index in [-0.39, 0.29) is 5.92 Å². The number of hydrogen-bond donors (Lipinski definition) is 1. The van der Waals surface area contributed by atoms with Crippen LogP contribution in [-0.2, 0) is 6.54 Å². The van der Waals surface area contributed by atoms with Crippen molar-refractivity contribution < 1.29 is 0 Å². The summed E-state index contributed by atoms with van der Waals surface area (Å²) in [6.45, 7) is 3.48. The molecule has 1 rings (SSSR count). The quantitative estimate of drug-likeness (QED) is 0.760. The highest BCUT2D eigenvalue weighted by Crippen LogP contribution is 2.13. The molecule has 1 aromatic rings. The molecule has 0 fully saturated rings. The highest BCUT2D eigenvalue weighted by Gasteiger charge is 2.06. The first-order valence-electron chi connectivity index (χ1n) is 5.05. The van der Waals surface area contributed by atoms with Crippen molar-refractivity contribution in [1.29, 1.82) is 5.26 Å². The average molecular weight is 203 g/mol. The third-order valence-electron chi connectivity index (χ3n) is 2.30. The Morgan fingerprint density at radius 2 is 2.13 bits per heavy atom. The number of anilines is 1. The Balaban J connectivity index is 2.56. The molecule has 1 unspecified atom stereocenters. The molecule has 0 saturated carbocycles. The summed E-state index contributed by atoms with van der Waals surface area (Å²) in [4.78, 5) is 2.11. The molecule has 2 N–H and O–H groups in total. The summed E-state index contributed by atoms with van der Waals surface area (Å²) < 4.78 is 0. The van der Waals surface area contributed by atoms with Crippen molar-refractivity contribution in [1.82, 2.24) is 4.90 Å². The van der Waals surface area contributed by atoms with Gasteiger partial charge in [-0.1, -0.05) is 18.2 Å². The summed E-state index contributed by atoms with van der Waals surface area (Å²) in [5.41, 5.74) is 7.77. The second-order valence-corrected chi connectivity index (χ2v) is 3.93. The number of nitrogen functional groups attached to an aromatic ring is 1. The van der Waals surface area contributed by atoms with Crippen LogP contribution in [0.5, 0.6) is 0 Å². The zero-order valence-electron chi connectivity index (χ0n) is 9.27. The predicted molar refractivity (Wildman–Crippen MR) is 62.0 cm³/mol. The fraction of sp³-hybridized carbons (Fsp3) is 0.417. The minimum atomic E-state index is 0.0555. The minimum absolute atomic E-state index is 0.0555. The fourth-order valence-corrected chi connectivity index (χ4v) is 1.54. The second kappa shape index (κ2) is 5.38. The zero-order valence-corrected chi connectivity index (χ0v) is 9.27. The number of para-hydroxylation sites is 1. The van der Waals surface area contributed by atoms with Crippen LogP contribution in [0, 0.1) is 17.2 Å². The van der Waals surface area contributed by atoms with Gasteiger partial charge < -0.3 is 10.6 Å². The molecule has 0 aromatic heterocycles. The summed E-state index contributed by atoms with van der Waals surface area (Å²) in [7, 11) is 2.00. The molecule has 0 spiro atoms. The molecule has 3 nitrogen and oxygen atoms in total. The Hall–Kier alpha value is -1.53. The Bertz CT molecular complexity index is 354. The molecule has 15 heavy (non-hydrogen) atoms. The third-order valence-corrected chi connectivity index (χ3v) is 2.30. The van der Waals surface area contributed by atoms with Gasteiger partial charge in [0.1, 0.15) is 0 Å². The van der Waals surface area contributed by atoms with Gasteiger partial charge in [-0.2, -0.15) is 5.26 Å². The molecule has 0 heterocycles. The van der Waals surface area contributed by atoms with Crippen LogP contribution in [0.25, 0.3) is 0 Å². The topological polar surface area (TPSA) is 53.0 Å². The Morgan fingerprint density at radius 1 is 1.47 bits per heavy atom. The van der Waals surface area contributed by atoms with Crippen LogP contribution in [0.2, 0.25) is 0 Å². The monoisotopic (exact) mass is 203 g/mol. The van der Waals surface area contributed by atoms with Crippen LogP contribution in [0.3, 0.4) is 0 Å². The van der Waals surface area contributed by atoms with Crippen LogP contribution in [0.1, 0.15) is 12.5 Å². The van der Waals surface area contributed by atoms with E-state index in [1.54, 1.807) is 0 Å². The van der Waals surface area contributed by atoms with E-state index in [2.05, 4.69) is 11.0 Å². The van der Waals surface area contributed by atoms with Crippen LogP contribution < -0.4 is 5.73 Å². The standard InChI is InChI=1S/C12H17N3/c1-10(7-13)8-15(2)9-11-5-3-4-6-12(11)14/h3-6,10H,8-9,14H2,1-2H3. The molecule has 0 saturated heterocycles. The van der Waals surface area contributed by atoms with E-state index in [0.717, 1.165) is 24.3 Å². The lowest BCUT2D eigenvalue weighted by Crippen LogP contribution is -2.23. The molecule has 0 radical (unpaired) electrons. The van der Waals surface area contributed by atoms with Crippen molar-refractivity contribution in [2.24, 2.45) is 5.92 Å². The zero-order chi connectivity index (χ0) is 11.3. The summed E-state index contributed by atoms with van der Waals surface area (Å²) in [6, 6.07) is 10.0. The summed E-state index contributed by atoms with van der Waals surface area (Å²) >= 11 is 0. The molecular weight excluding hydrogens is 186 g/mol. The molecular formula is C12H17N3. The number of nitrogens with two attached hydrogens (primary N) is 1. The van der Waals surface area contributed by atoms with Crippen molar-refractivity contribution in [3.63, 3.8) is 0 Å². The number of rotatable bonds is 4. The SMILES string of the molecule is CC(C#N)CN(C)Cc1ccccc1N. The molecule has 1 atom stereocenters. The van der Waals surface area contributed by atoms with Gasteiger partial charge in [-0.25, -0.2) is 0 Å².